The van der Waals surface area contributed by atoms with E-state index < -0.39 is 11.6 Å². The van der Waals surface area contributed by atoms with Crippen molar-refractivity contribution in [3.05, 3.63) is 16.1 Å². The Morgan fingerprint density at radius 3 is 2.71 bits per heavy atom. The lowest BCUT2D eigenvalue weighted by molar-refractivity contribution is -0.164. The fraction of sp³-hybridized carbons (Fsp3) is 0.556. The van der Waals surface area contributed by atoms with Gasteiger partial charge in [0.2, 0.25) is 5.60 Å². The zero-order valence-electron chi connectivity index (χ0n) is 8.40. The highest BCUT2D eigenvalue weighted by molar-refractivity contribution is 7.10. The van der Waals surface area contributed by atoms with Gasteiger partial charge in [-0.05, 0) is 13.3 Å². The molecule has 0 aliphatic carbocycles. The molecule has 0 amide bonds. The molecule has 0 fully saturated rings. The highest BCUT2D eigenvalue weighted by atomic mass is 32.1. The first kappa shape index (κ1) is 11.1. The SMILES string of the molecule is CCC(OC)(C(=O)O)c1nc(C)cs1. The van der Waals surface area contributed by atoms with Crippen LogP contribution in [0.2, 0.25) is 0 Å². The predicted molar refractivity (Wildman–Crippen MR) is 53.5 cm³/mol. The summed E-state index contributed by atoms with van der Waals surface area (Å²) in [5.41, 5.74) is -0.458. The van der Waals surface area contributed by atoms with Crippen LogP contribution in [0.5, 0.6) is 0 Å². The number of nitrogens with zero attached hydrogens (tertiary/aromatic N) is 1. The molecule has 0 aromatic carbocycles. The molecule has 1 atom stereocenters. The van der Waals surface area contributed by atoms with Gasteiger partial charge < -0.3 is 9.84 Å². The minimum absolute atomic E-state index is 0.367. The summed E-state index contributed by atoms with van der Waals surface area (Å²) in [5.74, 6) is -0.989. The monoisotopic (exact) mass is 215 g/mol. The van der Waals surface area contributed by atoms with E-state index in [1.807, 2.05) is 12.3 Å². The van der Waals surface area contributed by atoms with Crippen molar-refractivity contribution in [2.24, 2.45) is 0 Å². The molecule has 0 bridgehead atoms. The number of carboxylic acid groups (broad SMARTS) is 1. The number of hydrogen-bond donors (Lipinski definition) is 1. The standard InChI is InChI=1S/C9H13NO3S/c1-4-9(13-3,8(11)12)7-10-6(2)5-14-7/h5H,4H2,1-3H3,(H,11,12). The summed E-state index contributed by atoms with van der Waals surface area (Å²) in [4.78, 5) is 15.3. The molecule has 5 heteroatoms. The molecule has 0 saturated heterocycles. The molecule has 14 heavy (non-hydrogen) atoms. The van der Waals surface area contributed by atoms with Crippen LogP contribution < -0.4 is 0 Å². The zero-order valence-corrected chi connectivity index (χ0v) is 9.22. The van der Waals surface area contributed by atoms with E-state index >= 15 is 0 Å². The summed E-state index contributed by atoms with van der Waals surface area (Å²) in [6.45, 7) is 3.60. The Balaban J connectivity index is 3.16. The first-order valence-corrected chi connectivity index (χ1v) is 5.16. The minimum atomic E-state index is -1.28. The van der Waals surface area contributed by atoms with Crippen LogP contribution in [0, 0.1) is 6.92 Å². The maximum absolute atomic E-state index is 11.1. The average Bonchev–Trinajstić information content (AvgIpc) is 2.55. The van der Waals surface area contributed by atoms with Gasteiger partial charge in [-0.1, -0.05) is 6.92 Å². The van der Waals surface area contributed by atoms with Crippen molar-refractivity contribution >= 4 is 17.3 Å². The lowest BCUT2D eigenvalue weighted by Crippen LogP contribution is -2.37. The number of thiazole rings is 1. The molecule has 1 rings (SSSR count). The van der Waals surface area contributed by atoms with E-state index in [2.05, 4.69) is 4.98 Å². The average molecular weight is 215 g/mol. The van der Waals surface area contributed by atoms with E-state index in [0.717, 1.165) is 5.69 Å². The quantitative estimate of drug-likeness (QED) is 0.831. The van der Waals surface area contributed by atoms with Gasteiger partial charge in [0, 0.05) is 18.2 Å². The fourth-order valence-electron chi connectivity index (χ4n) is 1.25. The number of aliphatic carboxylic acids is 1. The van der Waals surface area contributed by atoms with Crippen LogP contribution in [0.1, 0.15) is 24.0 Å². The third-order valence-electron chi connectivity index (χ3n) is 2.16. The summed E-state index contributed by atoms with van der Waals surface area (Å²) in [6.07, 6.45) is 0.367. The minimum Gasteiger partial charge on any atom is -0.479 e. The molecule has 1 N–H and O–H groups in total. The number of rotatable bonds is 4. The second-order valence-electron chi connectivity index (χ2n) is 2.98. The van der Waals surface area contributed by atoms with Crippen LogP contribution in [0.3, 0.4) is 0 Å². The van der Waals surface area contributed by atoms with Crippen molar-refractivity contribution < 1.29 is 14.6 Å². The molecule has 1 unspecified atom stereocenters. The molecule has 0 aliphatic heterocycles. The van der Waals surface area contributed by atoms with Crippen LogP contribution in [0.15, 0.2) is 5.38 Å². The number of hydrogen-bond acceptors (Lipinski definition) is 4. The maximum atomic E-state index is 11.1. The Kier molecular flexibility index (Phi) is 3.23. The number of aromatic nitrogens is 1. The van der Waals surface area contributed by atoms with Crippen molar-refractivity contribution in [3.8, 4) is 0 Å². The highest BCUT2D eigenvalue weighted by Gasteiger charge is 2.41. The van der Waals surface area contributed by atoms with Gasteiger partial charge in [-0.2, -0.15) is 0 Å². The first-order chi connectivity index (χ1) is 6.56. The van der Waals surface area contributed by atoms with E-state index in [1.54, 1.807) is 6.92 Å². The fourth-order valence-corrected chi connectivity index (χ4v) is 2.29. The molecule has 1 aromatic rings. The molecule has 1 heterocycles. The summed E-state index contributed by atoms with van der Waals surface area (Å²) in [6, 6.07) is 0. The van der Waals surface area contributed by atoms with Crippen molar-refractivity contribution in [1.29, 1.82) is 0 Å². The van der Waals surface area contributed by atoms with Gasteiger partial charge in [-0.15, -0.1) is 11.3 Å². The van der Waals surface area contributed by atoms with Gasteiger partial charge >= 0.3 is 5.97 Å². The number of aryl methyl sites for hydroxylation is 1. The van der Waals surface area contributed by atoms with E-state index in [1.165, 1.54) is 18.4 Å². The van der Waals surface area contributed by atoms with Crippen LogP contribution >= 0.6 is 11.3 Å². The van der Waals surface area contributed by atoms with Gasteiger partial charge in [0.15, 0.2) is 0 Å². The van der Waals surface area contributed by atoms with Gasteiger partial charge in [0.1, 0.15) is 5.01 Å². The molecule has 0 radical (unpaired) electrons. The summed E-state index contributed by atoms with van der Waals surface area (Å²) >= 11 is 1.32. The molecular formula is C9H13NO3S. The summed E-state index contributed by atoms with van der Waals surface area (Å²) in [7, 11) is 1.40. The molecule has 0 saturated carbocycles. The van der Waals surface area contributed by atoms with Crippen LogP contribution in [-0.2, 0) is 15.1 Å². The van der Waals surface area contributed by atoms with Crippen LogP contribution in [-0.4, -0.2) is 23.2 Å². The second-order valence-corrected chi connectivity index (χ2v) is 3.84. The summed E-state index contributed by atoms with van der Waals surface area (Å²) < 4.78 is 5.10. The lowest BCUT2D eigenvalue weighted by Gasteiger charge is -2.23. The normalized spacial score (nSPS) is 15.1. The largest absolute Gasteiger partial charge is 0.479 e. The number of carbonyl (C=O) groups is 1. The van der Waals surface area contributed by atoms with E-state index in [0.29, 0.717) is 11.4 Å². The smallest absolute Gasteiger partial charge is 0.343 e. The molecule has 4 nitrogen and oxygen atoms in total. The molecular weight excluding hydrogens is 202 g/mol. The zero-order chi connectivity index (χ0) is 10.8. The second kappa shape index (κ2) is 4.06. The highest BCUT2D eigenvalue weighted by Crippen LogP contribution is 2.31. The van der Waals surface area contributed by atoms with Crippen molar-refractivity contribution in [1.82, 2.24) is 4.98 Å². The molecule has 0 aliphatic rings. The topological polar surface area (TPSA) is 59.4 Å². The Morgan fingerprint density at radius 2 is 2.43 bits per heavy atom. The third-order valence-corrected chi connectivity index (χ3v) is 3.26. The Hall–Kier alpha value is -0.940. The Bertz CT molecular complexity index is 331. The van der Waals surface area contributed by atoms with E-state index in [4.69, 9.17) is 9.84 Å². The predicted octanol–water partition coefficient (Wildman–Crippen LogP) is 1.79. The molecule has 0 spiro atoms. The van der Waals surface area contributed by atoms with Crippen molar-refractivity contribution in [3.63, 3.8) is 0 Å². The Labute approximate surface area is 86.6 Å². The number of carboxylic acids is 1. The number of ether oxygens (including phenoxy) is 1. The molecule has 1 aromatic heterocycles. The van der Waals surface area contributed by atoms with Gasteiger partial charge in [0.05, 0.1) is 0 Å². The summed E-state index contributed by atoms with van der Waals surface area (Å²) in [5, 5.41) is 11.5. The number of methoxy groups -OCH3 is 1. The lowest BCUT2D eigenvalue weighted by atomic mass is 10.0. The van der Waals surface area contributed by atoms with Crippen molar-refractivity contribution in [2.75, 3.05) is 7.11 Å². The Morgan fingerprint density at radius 1 is 1.79 bits per heavy atom. The molecule has 78 valence electrons. The maximum Gasteiger partial charge on any atom is 0.343 e. The van der Waals surface area contributed by atoms with Crippen LogP contribution in [0.25, 0.3) is 0 Å². The van der Waals surface area contributed by atoms with Gasteiger partial charge in [-0.25, -0.2) is 9.78 Å². The van der Waals surface area contributed by atoms with Crippen LogP contribution in [0.4, 0.5) is 0 Å². The van der Waals surface area contributed by atoms with Gasteiger partial charge in [-0.3, -0.25) is 0 Å². The van der Waals surface area contributed by atoms with E-state index in [9.17, 15) is 4.79 Å². The van der Waals surface area contributed by atoms with E-state index in [-0.39, 0.29) is 0 Å². The first-order valence-electron chi connectivity index (χ1n) is 4.28. The van der Waals surface area contributed by atoms with Gasteiger partial charge in [0.25, 0.3) is 0 Å². The third kappa shape index (κ3) is 1.65. The van der Waals surface area contributed by atoms with Crippen molar-refractivity contribution in [2.45, 2.75) is 25.9 Å².